The SMILES string of the molecule is [C-]#[N+]C12CC(CCC1NC(=O)C=C)C(=O)O2. The van der Waals surface area contributed by atoms with Crippen LogP contribution in [-0.2, 0) is 14.3 Å². The predicted octanol–water partition coefficient (Wildman–Crippen LogP) is 0.630. The molecule has 2 rings (SSSR count). The Bertz CT molecular complexity index is 399. The second-order valence-corrected chi connectivity index (χ2v) is 4.12. The fourth-order valence-corrected chi connectivity index (χ4v) is 2.32. The molecule has 0 aromatic rings. The molecule has 1 aliphatic heterocycles. The molecule has 3 atom stereocenters. The monoisotopic (exact) mass is 220 g/mol. The molecular weight excluding hydrogens is 208 g/mol. The highest BCUT2D eigenvalue weighted by Gasteiger charge is 2.61. The molecule has 1 aliphatic carbocycles. The van der Waals surface area contributed by atoms with Gasteiger partial charge in [0, 0.05) is 0 Å². The first-order valence-corrected chi connectivity index (χ1v) is 5.15. The van der Waals surface area contributed by atoms with Gasteiger partial charge in [0.15, 0.2) is 0 Å². The molecule has 2 bridgehead atoms. The van der Waals surface area contributed by atoms with E-state index in [1.165, 1.54) is 0 Å². The van der Waals surface area contributed by atoms with E-state index in [-0.39, 0.29) is 17.8 Å². The molecule has 2 fully saturated rings. The van der Waals surface area contributed by atoms with Crippen molar-refractivity contribution < 1.29 is 14.3 Å². The standard InChI is InChI=1S/C11H12N2O3/c1-3-9(14)13-8-5-4-7-6-11(8,12-2)16-10(7)15/h3,7-8H,1,4-6H2,(H,13,14). The van der Waals surface area contributed by atoms with Crippen LogP contribution in [0.3, 0.4) is 0 Å². The van der Waals surface area contributed by atoms with Crippen molar-refractivity contribution in [3.63, 3.8) is 0 Å². The minimum Gasteiger partial charge on any atom is -0.387 e. The van der Waals surface area contributed by atoms with Gasteiger partial charge >= 0.3 is 11.7 Å². The summed E-state index contributed by atoms with van der Waals surface area (Å²) in [4.78, 5) is 26.1. The lowest BCUT2D eigenvalue weighted by molar-refractivity contribution is -0.148. The second-order valence-electron chi connectivity index (χ2n) is 4.12. The smallest absolute Gasteiger partial charge is 0.387 e. The molecule has 0 spiro atoms. The molecule has 5 nitrogen and oxygen atoms in total. The van der Waals surface area contributed by atoms with Gasteiger partial charge in [-0.1, -0.05) is 6.58 Å². The lowest BCUT2D eigenvalue weighted by Gasteiger charge is -2.28. The molecule has 16 heavy (non-hydrogen) atoms. The summed E-state index contributed by atoms with van der Waals surface area (Å²) in [6.07, 6.45) is 2.80. The van der Waals surface area contributed by atoms with Gasteiger partial charge in [-0.25, -0.2) is 6.57 Å². The number of ether oxygens (including phenoxy) is 1. The predicted molar refractivity (Wildman–Crippen MR) is 54.9 cm³/mol. The molecule has 1 saturated carbocycles. The Morgan fingerprint density at radius 1 is 1.69 bits per heavy atom. The zero-order valence-corrected chi connectivity index (χ0v) is 8.73. The third-order valence-corrected chi connectivity index (χ3v) is 3.19. The average molecular weight is 220 g/mol. The normalized spacial score (nSPS) is 36.1. The van der Waals surface area contributed by atoms with Crippen molar-refractivity contribution in [1.82, 2.24) is 5.32 Å². The summed E-state index contributed by atoms with van der Waals surface area (Å²) >= 11 is 0. The summed E-state index contributed by atoms with van der Waals surface area (Å²) in [5.74, 6) is -0.827. The number of rotatable bonds is 2. The van der Waals surface area contributed by atoms with Crippen LogP contribution in [0.15, 0.2) is 12.7 Å². The van der Waals surface area contributed by atoms with Crippen molar-refractivity contribution in [1.29, 1.82) is 0 Å². The summed E-state index contributed by atoms with van der Waals surface area (Å²) in [6, 6.07) is -0.418. The molecule has 2 aliphatic rings. The molecule has 0 aromatic heterocycles. The zero-order chi connectivity index (χ0) is 11.8. The fourth-order valence-electron chi connectivity index (χ4n) is 2.32. The quantitative estimate of drug-likeness (QED) is 0.422. The van der Waals surface area contributed by atoms with E-state index in [0.717, 1.165) is 6.08 Å². The van der Waals surface area contributed by atoms with E-state index in [1.54, 1.807) is 0 Å². The Hall–Kier alpha value is -1.83. The molecule has 84 valence electrons. The molecule has 1 amide bonds. The Kier molecular flexibility index (Phi) is 2.43. The van der Waals surface area contributed by atoms with Crippen LogP contribution < -0.4 is 5.32 Å². The van der Waals surface area contributed by atoms with E-state index in [9.17, 15) is 9.59 Å². The highest BCUT2D eigenvalue weighted by molar-refractivity contribution is 5.87. The number of nitrogens with zero attached hydrogens (tertiary/aromatic N) is 1. The molecule has 5 heteroatoms. The Morgan fingerprint density at radius 2 is 2.44 bits per heavy atom. The third kappa shape index (κ3) is 1.47. The van der Waals surface area contributed by atoms with Gasteiger partial charge in [0.05, 0.1) is 12.3 Å². The van der Waals surface area contributed by atoms with Crippen LogP contribution in [0.25, 0.3) is 4.85 Å². The van der Waals surface area contributed by atoms with Crippen LogP contribution >= 0.6 is 0 Å². The van der Waals surface area contributed by atoms with E-state index in [0.29, 0.717) is 19.3 Å². The third-order valence-electron chi connectivity index (χ3n) is 3.19. The average Bonchev–Trinajstić information content (AvgIpc) is 2.56. The first-order chi connectivity index (χ1) is 7.61. The summed E-state index contributed by atoms with van der Waals surface area (Å²) in [5.41, 5.74) is -1.18. The molecule has 1 saturated heterocycles. The van der Waals surface area contributed by atoms with Crippen molar-refractivity contribution in [3.8, 4) is 0 Å². The van der Waals surface area contributed by atoms with E-state index >= 15 is 0 Å². The number of carbonyl (C=O) groups excluding carboxylic acids is 2. The fraction of sp³-hybridized carbons (Fsp3) is 0.545. The van der Waals surface area contributed by atoms with Crippen LogP contribution in [0.5, 0.6) is 0 Å². The molecule has 1 N–H and O–H groups in total. The zero-order valence-electron chi connectivity index (χ0n) is 8.73. The van der Waals surface area contributed by atoms with Crippen molar-refractivity contribution in [3.05, 3.63) is 24.1 Å². The van der Waals surface area contributed by atoms with E-state index < -0.39 is 11.8 Å². The Balaban J connectivity index is 2.21. The lowest BCUT2D eigenvalue weighted by Crippen LogP contribution is -2.51. The molecule has 1 heterocycles. The number of fused-ring (bicyclic) bond motifs is 2. The number of amides is 1. The highest BCUT2D eigenvalue weighted by Crippen LogP contribution is 2.43. The van der Waals surface area contributed by atoms with Crippen LogP contribution in [0, 0.1) is 12.5 Å². The largest absolute Gasteiger partial charge is 0.398 e. The highest BCUT2D eigenvalue weighted by atomic mass is 16.6. The van der Waals surface area contributed by atoms with E-state index in [4.69, 9.17) is 11.3 Å². The van der Waals surface area contributed by atoms with Gasteiger partial charge in [-0.05, 0) is 18.9 Å². The van der Waals surface area contributed by atoms with Gasteiger partial charge in [-0.3, -0.25) is 14.4 Å². The van der Waals surface area contributed by atoms with Crippen LogP contribution in [0.4, 0.5) is 0 Å². The molecule has 3 unspecified atom stereocenters. The molecule has 0 aromatic carbocycles. The van der Waals surface area contributed by atoms with Gasteiger partial charge in [0.25, 0.3) is 0 Å². The number of esters is 1. The number of hydrogen-bond donors (Lipinski definition) is 1. The van der Waals surface area contributed by atoms with Gasteiger partial charge in [0.1, 0.15) is 6.04 Å². The van der Waals surface area contributed by atoms with Crippen molar-refractivity contribution in [2.75, 3.05) is 0 Å². The summed E-state index contributed by atoms with van der Waals surface area (Å²) in [5, 5.41) is 2.66. The van der Waals surface area contributed by atoms with Gasteiger partial charge < -0.3 is 10.1 Å². The number of carbonyl (C=O) groups is 2. The topological polar surface area (TPSA) is 59.8 Å². The summed E-state index contributed by atoms with van der Waals surface area (Å²) in [6.45, 7) is 10.5. The first kappa shape index (κ1) is 10.7. The van der Waals surface area contributed by atoms with Gasteiger partial charge in [-0.2, -0.15) is 0 Å². The van der Waals surface area contributed by atoms with Crippen LogP contribution in [0.1, 0.15) is 19.3 Å². The minimum absolute atomic E-state index is 0.175. The molecular formula is C11H12N2O3. The Labute approximate surface area is 93.3 Å². The van der Waals surface area contributed by atoms with E-state index in [1.807, 2.05) is 0 Å². The first-order valence-electron chi connectivity index (χ1n) is 5.15. The van der Waals surface area contributed by atoms with Crippen LogP contribution in [0.2, 0.25) is 0 Å². The van der Waals surface area contributed by atoms with Crippen molar-refractivity contribution in [2.45, 2.75) is 31.0 Å². The maximum Gasteiger partial charge on any atom is 0.398 e. The summed E-state index contributed by atoms with van der Waals surface area (Å²) in [7, 11) is 0. The summed E-state index contributed by atoms with van der Waals surface area (Å²) < 4.78 is 5.14. The van der Waals surface area contributed by atoms with Crippen LogP contribution in [-0.4, -0.2) is 23.6 Å². The van der Waals surface area contributed by atoms with Crippen molar-refractivity contribution >= 4 is 11.9 Å². The second kappa shape index (κ2) is 3.63. The minimum atomic E-state index is -1.18. The van der Waals surface area contributed by atoms with Crippen molar-refractivity contribution in [2.24, 2.45) is 5.92 Å². The molecule has 0 radical (unpaired) electrons. The maximum absolute atomic E-state index is 11.4. The van der Waals surface area contributed by atoms with Gasteiger partial charge in [0.2, 0.25) is 5.91 Å². The Morgan fingerprint density at radius 3 is 3.06 bits per heavy atom. The number of nitrogens with one attached hydrogen (secondary N) is 1. The maximum atomic E-state index is 11.4. The van der Waals surface area contributed by atoms with Gasteiger partial charge in [-0.15, -0.1) is 0 Å². The number of hydrogen-bond acceptors (Lipinski definition) is 3. The lowest BCUT2D eigenvalue weighted by atomic mass is 9.82. The van der Waals surface area contributed by atoms with E-state index in [2.05, 4.69) is 16.7 Å².